The van der Waals surface area contributed by atoms with E-state index in [-0.39, 0.29) is 10.8 Å². The quantitative estimate of drug-likeness (QED) is 0.517. The first-order valence-corrected chi connectivity index (χ1v) is 13.6. The van der Waals surface area contributed by atoms with E-state index < -0.39 is 22.2 Å². The Kier molecular flexibility index (Phi) is 9.60. The third-order valence-electron chi connectivity index (χ3n) is 6.19. The first-order valence-electron chi connectivity index (χ1n) is 12.2. The number of benzene rings is 2. The number of alkyl halides is 3. The maximum atomic E-state index is 13.1. The predicted molar refractivity (Wildman–Crippen MR) is 137 cm³/mol. The standard InChI is InChI=1S/C23H30N4O3S.C2HF3O2/c1-18-6-5-13-27(17-18)23(28)19-9-10-22(26-14-11-24-12-15-26)21(16-19)25-31(29,30)20-7-3-2-4-8-20;3-2(4,5)1(6)7/h2-4,7-10,16,18,24-25H,5-6,11-15,17H2,1H3;(H,6,7). The Morgan fingerprint density at radius 3 is 2.26 bits per heavy atom. The van der Waals surface area contributed by atoms with Gasteiger partial charge in [-0.05, 0) is 49.1 Å². The van der Waals surface area contributed by atoms with Crippen molar-refractivity contribution in [2.24, 2.45) is 5.92 Å². The number of halogens is 3. The van der Waals surface area contributed by atoms with Crippen molar-refractivity contribution in [3.8, 4) is 0 Å². The zero-order valence-corrected chi connectivity index (χ0v) is 21.7. The van der Waals surface area contributed by atoms with E-state index in [0.717, 1.165) is 57.8 Å². The molecular formula is C25H31F3N4O5S. The van der Waals surface area contributed by atoms with Crippen molar-refractivity contribution in [2.75, 3.05) is 48.9 Å². The van der Waals surface area contributed by atoms with Crippen LogP contribution in [0.25, 0.3) is 0 Å². The number of carbonyl (C=O) groups excluding carboxylic acids is 1. The number of sulfonamides is 1. The van der Waals surface area contributed by atoms with Crippen LogP contribution in [0, 0.1) is 5.92 Å². The Hall–Kier alpha value is -3.32. The molecule has 2 aliphatic heterocycles. The van der Waals surface area contributed by atoms with Gasteiger partial charge in [-0.1, -0.05) is 25.1 Å². The van der Waals surface area contributed by atoms with Gasteiger partial charge in [-0.25, -0.2) is 13.2 Å². The summed E-state index contributed by atoms with van der Waals surface area (Å²) < 4.78 is 60.5. The minimum atomic E-state index is -5.08. The third kappa shape index (κ3) is 7.84. The first-order chi connectivity index (χ1) is 17.9. The average Bonchev–Trinajstić information content (AvgIpc) is 2.89. The highest BCUT2D eigenvalue weighted by atomic mass is 32.2. The Labute approximate surface area is 219 Å². The van der Waals surface area contributed by atoms with Crippen molar-refractivity contribution in [3.05, 3.63) is 54.1 Å². The minimum Gasteiger partial charge on any atom is -0.475 e. The minimum absolute atomic E-state index is 0.0430. The first kappa shape index (κ1) is 29.2. The topological polar surface area (TPSA) is 119 Å². The summed E-state index contributed by atoms with van der Waals surface area (Å²) in [6.45, 7) is 6.85. The number of hydrogen-bond donors (Lipinski definition) is 3. The number of carboxylic acids is 1. The largest absolute Gasteiger partial charge is 0.490 e. The van der Waals surface area contributed by atoms with Crippen LogP contribution in [0.2, 0.25) is 0 Å². The lowest BCUT2D eigenvalue weighted by Crippen LogP contribution is -2.44. The lowest BCUT2D eigenvalue weighted by Gasteiger charge is -2.33. The summed E-state index contributed by atoms with van der Waals surface area (Å²) in [6.07, 6.45) is -2.95. The summed E-state index contributed by atoms with van der Waals surface area (Å²) >= 11 is 0. The van der Waals surface area contributed by atoms with E-state index in [1.165, 1.54) is 0 Å². The van der Waals surface area contributed by atoms with Gasteiger partial charge in [0.05, 0.1) is 16.3 Å². The smallest absolute Gasteiger partial charge is 0.475 e. The Morgan fingerprint density at radius 2 is 1.68 bits per heavy atom. The number of aliphatic carboxylic acids is 1. The van der Waals surface area contributed by atoms with Crippen LogP contribution in [-0.2, 0) is 14.8 Å². The molecule has 0 radical (unpaired) electrons. The third-order valence-corrected chi connectivity index (χ3v) is 7.57. The highest BCUT2D eigenvalue weighted by molar-refractivity contribution is 7.92. The van der Waals surface area contributed by atoms with Gasteiger partial charge in [-0.15, -0.1) is 0 Å². The van der Waals surface area contributed by atoms with Crippen LogP contribution in [0.4, 0.5) is 24.5 Å². The Morgan fingerprint density at radius 1 is 1.05 bits per heavy atom. The van der Waals surface area contributed by atoms with E-state index in [1.807, 2.05) is 17.0 Å². The molecule has 9 nitrogen and oxygen atoms in total. The summed E-state index contributed by atoms with van der Waals surface area (Å²) in [7, 11) is -3.77. The van der Waals surface area contributed by atoms with Crippen LogP contribution < -0.4 is 14.9 Å². The molecule has 1 atom stereocenters. The summed E-state index contributed by atoms with van der Waals surface area (Å²) in [6, 6.07) is 13.7. The number of carboxylic acid groups (broad SMARTS) is 1. The molecule has 3 N–H and O–H groups in total. The van der Waals surface area contributed by atoms with Crippen molar-refractivity contribution in [2.45, 2.75) is 30.8 Å². The predicted octanol–water partition coefficient (Wildman–Crippen LogP) is 3.40. The summed E-state index contributed by atoms with van der Waals surface area (Å²) in [5, 5.41) is 10.4. The number of piperazine rings is 1. The van der Waals surface area contributed by atoms with Crippen molar-refractivity contribution >= 4 is 33.3 Å². The van der Waals surface area contributed by atoms with Gasteiger partial charge in [0.2, 0.25) is 0 Å². The SMILES string of the molecule is CC1CCCN(C(=O)c2ccc(N3CCNCC3)c(NS(=O)(=O)c3ccccc3)c2)C1.O=C(O)C(F)(F)F. The number of carbonyl (C=O) groups is 2. The van der Waals surface area contributed by atoms with Gasteiger partial charge in [-0.2, -0.15) is 13.2 Å². The van der Waals surface area contributed by atoms with E-state index in [0.29, 0.717) is 17.2 Å². The number of piperidine rings is 1. The highest BCUT2D eigenvalue weighted by Crippen LogP contribution is 2.31. The van der Waals surface area contributed by atoms with Gasteiger partial charge in [0.1, 0.15) is 0 Å². The molecule has 2 saturated heterocycles. The fourth-order valence-corrected chi connectivity index (χ4v) is 5.38. The Balaban J connectivity index is 0.000000505. The van der Waals surface area contributed by atoms with Gasteiger partial charge in [0, 0.05) is 44.8 Å². The highest BCUT2D eigenvalue weighted by Gasteiger charge is 2.38. The van der Waals surface area contributed by atoms with Crippen LogP contribution in [0.3, 0.4) is 0 Å². The molecule has 208 valence electrons. The van der Waals surface area contributed by atoms with E-state index in [4.69, 9.17) is 9.90 Å². The van der Waals surface area contributed by atoms with Crippen molar-refractivity contribution in [1.29, 1.82) is 0 Å². The second kappa shape index (κ2) is 12.5. The molecule has 2 aliphatic rings. The van der Waals surface area contributed by atoms with Crippen LogP contribution in [0.5, 0.6) is 0 Å². The molecule has 2 fully saturated rings. The van der Waals surface area contributed by atoms with Crippen molar-refractivity contribution in [3.63, 3.8) is 0 Å². The molecule has 13 heteroatoms. The number of anilines is 2. The molecule has 1 amide bonds. The molecule has 2 aromatic rings. The summed E-state index contributed by atoms with van der Waals surface area (Å²) in [4.78, 5) is 26.3. The molecule has 2 aromatic carbocycles. The lowest BCUT2D eigenvalue weighted by atomic mass is 9.99. The van der Waals surface area contributed by atoms with E-state index >= 15 is 0 Å². The average molecular weight is 557 g/mol. The molecule has 0 aromatic heterocycles. The van der Waals surface area contributed by atoms with E-state index in [2.05, 4.69) is 21.9 Å². The zero-order chi connectivity index (χ0) is 27.9. The molecular weight excluding hydrogens is 525 g/mol. The van der Waals surface area contributed by atoms with Crippen molar-refractivity contribution < 1.29 is 36.3 Å². The van der Waals surface area contributed by atoms with E-state index in [1.54, 1.807) is 36.4 Å². The monoisotopic (exact) mass is 556 g/mol. The fourth-order valence-electron chi connectivity index (χ4n) is 4.29. The molecule has 0 bridgehead atoms. The van der Waals surface area contributed by atoms with Gasteiger partial charge < -0.3 is 20.2 Å². The maximum absolute atomic E-state index is 13.1. The second-order valence-corrected chi connectivity index (χ2v) is 10.9. The number of nitrogens with zero attached hydrogens (tertiary/aromatic N) is 2. The molecule has 2 heterocycles. The Bertz CT molecular complexity index is 1220. The normalized spacial score (nSPS) is 18.3. The number of likely N-dealkylation sites (tertiary alicyclic amines) is 1. The van der Waals surface area contributed by atoms with E-state index in [9.17, 15) is 26.4 Å². The summed E-state index contributed by atoms with van der Waals surface area (Å²) in [5.74, 6) is -2.32. The molecule has 4 rings (SSSR count). The van der Waals surface area contributed by atoms with Gasteiger partial charge in [0.15, 0.2) is 0 Å². The van der Waals surface area contributed by atoms with Crippen LogP contribution >= 0.6 is 0 Å². The van der Waals surface area contributed by atoms with Crippen LogP contribution in [0.15, 0.2) is 53.4 Å². The molecule has 0 spiro atoms. The van der Waals surface area contributed by atoms with Crippen LogP contribution in [-0.4, -0.2) is 75.7 Å². The molecule has 38 heavy (non-hydrogen) atoms. The number of hydrogen-bond acceptors (Lipinski definition) is 6. The maximum Gasteiger partial charge on any atom is 0.490 e. The second-order valence-electron chi connectivity index (χ2n) is 9.19. The molecule has 0 saturated carbocycles. The lowest BCUT2D eigenvalue weighted by molar-refractivity contribution is -0.192. The van der Waals surface area contributed by atoms with Gasteiger partial charge in [0.25, 0.3) is 15.9 Å². The van der Waals surface area contributed by atoms with Gasteiger partial charge in [-0.3, -0.25) is 9.52 Å². The number of nitrogens with one attached hydrogen (secondary N) is 2. The number of rotatable bonds is 5. The van der Waals surface area contributed by atoms with Gasteiger partial charge >= 0.3 is 12.1 Å². The molecule has 1 unspecified atom stereocenters. The van der Waals surface area contributed by atoms with Crippen molar-refractivity contribution in [1.82, 2.24) is 10.2 Å². The fraction of sp³-hybridized carbons (Fsp3) is 0.440. The van der Waals surface area contributed by atoms with Crippen LogP contribution in [0.1, 0.15) is 30.1 Å². The zero-order valence-electron chi connectivity index (χ0n) is 20.9. The summed E-state index contributed by atoms with van der Waals surface area (Å²) in [5.41, 5.74) is 1.75. The molecule has 0 aliphatic carbocycles. The number of amides is 1.